The highest BCUT2D eigenvalue weighted by Crippen LogP contribution is 2.63. The molecule has 0 N–H and O–H groups in total. The van der Waals surface area contributed by atoms with Gasteiger partial charge in [-0.05, 0) is 144 Å². The van der Waals surface area contributed by atoms with E-state index in [0.717, 1.165) is 17.1 Å². The molecule has 1 heterocycles. The third kappa shape index (κ3) is 5.57. The van der Waals surface area contributed by atoms with Gasteiger partial charge in [0.25, 0.3) is 0 Å². The molecular formula is C65H42N2. The molecular weight excluding hydrogens is 809 g/mol. The van der Waals surface area contributed by atoms with Gasteiger partial charge in [0.2, 0.25) is 0 Å². The largest absolute Gasteiger partial charge is 0.310 e. The summed E-state index contributed by atoms with van der Waals surface area (Å²) in [6.07, 6.45) is 0. The Balaban J connectivity index is 0.861. The Labute approximate surface area is 389 Å². The predicted molar refractivity (Wildman–Crippen MR) is 280 cm³/mol. The van der Waals surface area contributed by atoms with Crippen LogP contribution in [-0.2, 0) is 5.41 Å². The third-order valence-electron chi connectivity index (χ3n) is 14.6. The third-order valence-corrected chi connectivity index (χ3v) is 14.6. The Morgan fingerprint density at radius 2 is 0.761 bits per heavy atom. The van der Waals surface area contributed by atoms with Gasteiger partial charge in [0.05, 0.1) is 16.4 Å². The highest BCUT2D eigenvalue weighted by atomic mass is 15.1. The first kappa shape index (κ1) is 37.6. The Morgan fingerprint density at radius 3 is 1.45 bits per heavy atom. The summed E-state index contributed by atoms with van der Waals surface area (Å²) < 4.78 is 2.37. The summed E-state index contributed by atoms with van der Waals surface area (Å²) in [5.74, 6) is 0. The molecule has 2 aliphatic rings. The number of nitrogens with zero attached hydrogens (tertiary/aromatic N) is 2. The molecule has 0 amide bonds. The van der Waals surface area contributed by atoms with Crippen LogP contribution in [0, 0.1) is 0 Å². The molecule has 0 unspecified atom stereocenters. The highest BCUT2D eigenvalue weighted by Gasteiger charge is 2.51. The summed E-state index contributed by atoms with van der Waals surface area (Å²) in [6.45, 7) is 0. The van der Waals surface area contributed by atoms with Crippen LogP contribution < -0.4 is 4.90 Å². The van der Waals surface area contributed by atoms with Crippen molar-refractivity contribution in [3.63, 3.8) is 0 Å². The van der Waals surface area contributed by atoms with Crippen molar-refractivity contribution >= 4 is 49.6 Å². The first-order valence-electron chi connectivity index (χ1n) is 23.2. The molecule has 14 rings (SSSR count). The zero-order valence-corrected chi connectivity index (χ0v) is 36.6. The molecule has 0 saturated heterocycles. The van der Waals surface area contributed by atoms with Crippen molar-refractivity contribution in [2.45, 2.75) is 5.41 Å². The number of anilines is 3. The molecule has 0 fully saturated rings. The Kier molecular flexibility index (Phi) is 8.23. The van der Waals surface area contributed by atoms with E-state index in [1.54, 1.807) is 0 Å². The summed E-state index contributed by atoms with van der Waals surface area (Å²) in [4.78, 5) is 2.44. The van der Waals surface area contributed by atoms with Crippen LogP contribution >= 0.6 is 0 Å². The minimum Gasteiger partial charge on any atom is -0.310 e. The maximum atomic E-state index is 2.48. The molecule has 0 radical (unpaired) electrons. The van der Waals surface area contributed by atoms with E-state index < -0.39 is 5.41 Å². The average Bonchev–Trinajstić information content (AvgIpc) is 4.01. The first-order valence-corrected chi connectivity index (χ1v) is 23.2. The number of hydrogen-bond acceptors (Lipinski definition) is 1. The molecule has 1 aromatic heterocycles. The van der Waals surface area contributed by atoms with Crippen molar-refractivity contribution in [2.24, 2.45) is 0 Å². The molecule has 0 aliphatic heterocycles. The van der Waals surface area contributed by atoms with Gasteiger partial charge in [-0.2, -0.15) is 0 Å². The lowest BCUT2D eigenvalue weighted by Gasteiger charge is -2.32. The second-order valence-electron chi connectivity index (χ2n) is 18.0. The summed E-state index contributed by atoms with van der Waals surface area (Å²) in [5, 5.41) is 4.96. The second-order valence-corrected chi connectivity index (χ2v) is 18.0. The first-order chi connectivity index (χ1) is 33.2. The molecule has 2 heteroatoms. The van der Waals surface area contributed by atoms with E-state index in [1.165, 1.54) is 105 Å². The van der Waals surface area contributed by atoms with Gasteiger partial charge in [-0.1, -0.05) is 188 Å². The number of aromatic nitrogens is 1. The SMILES string of the molecule is c1ccc(-n2c3ccccc3c3cc(-c4ccc(-c5ccc(N(c6ccc7c(c6)C6(c8ccccc8-c8ccccc86)c6ccccc6-7)c6ccc7ccccc7c6)cc5)cc4)ccc32)cc1. The van der Waals surface area contributed by atoms with E-state index in [2.05, 4.69) is 264 Å². The van der Waals surface area contributed by atoms with E-state index in [4.69, 9.17) is 0 Å². The van der Waals surface area contributed by atoms with E-state index in [0.29, 0.717) is 0 Å². The van der Waals surface area contributed by atoms with Crippen molar-refractivity contribution in [3.8, 4) is 50.2 Å². The van der Waals surface area contributed by atoms with E-state index in [1.807, 2.05) is 0 Å². The number of benzene rings is 11. The Morgan fingerprint density at radius 1 is 0.284 bits per heavy atom. The monoisotopic (exact) mass is 850 g/mol. The van der Waals surface area contributed by atoms with Crippen LogP contribution in [0.15, 0.2) is 255 Å². The molecule has 2 aliphatic carbocycles. The maximum absolute atomic E-state index is 2.48. The number of rotatable bonds is 6. The quantitative estimate of drug-likeness (QED) is 0.162. The zero-order valence-electron chi connectivity index (χ0n) is 36.6. The number of para-hydroxylation sites is 2. The average molecular weight is 851 g/mol. The van der Waals surface area contributed by atoms with Gasteiger partial charge in [0.15, 0.2) is 0 Å². The van der Waals surface area contributed by atoms with Crippen molar-refractivity contribution < 1.29 is 0 Å². The van der Waals surface area contributed by atoms with Crippen molar-refractivity contribution in [1.82, 2.24) is 4.57 Å². The molecule has 312 valence electrons. The fraction of sp³-hybridized carbons (Fsp3) is 0.0154. The van der Waals surface area contributed by atoms with Gasteiger partial charge in [-0.3, -0.25) is 0 Å². The minimum atomic E-state index is -0.424. The lowest BCUT2D eigenvalue weighted by molar-refractivity contribution is 0.793. The fourth-order valence-electron chi connectivity index (χ4n) is 11.7. The summed E-state index contributed by atoms with van der Waals surface area (Å²) >= 11 is 0. The van der Waals surface area contributed by atoms with E-state index in [9.17, 15) is 0 Å². The molecule has 1 spiro atoms. The van der Waals surface area contributed by atoms with Gasteiger partial charge < -0.3 is 9.47 Å². The van der Waals surface area contributed by atoms with Crippen molar-refractivity contribution in [3.05, 3.63) is 277 Å². The van der Waals surface area contributed by atoms with Gasteiger partial charge >= 0.3 is 0 Å². The van der Waals surface area contributed by atoms with Crippen LogP contribution in [0.1, 0.15) is 22.3 Å². The standard InChI is InChI=1S/C65H42N2/c1-2-16-49(17-3-1)67-63-25-13-9-21-57(63)58-41-48(33-39-64(58)67)46-28-26-44(27-29-46)45-30-34-50(35-31-45)66(51-36-32-43-14-4-5-15-47(43)40-51)52-37-38-56-55-20-8-12-24-61(55)65(62(56)42-52)59-22-10-6-18-53(59)54-19-7-11-23-60(54)65/h1-42H. The molecule has 0 bridgehead atoms. The van der Waals surface area contributed by atoms with Crippen LogP contribution in [0.5, 0.6) is 0 Å². The van der Waals surface area contributed by atoms with Gasteiger partial charge in [-0.15, -0.1) is 0 Å². The van der Waals surface area contributed by atoms with Gasteiger partial charge in [-0.25, -0.2) is 0 Å². The van der Waals surface area contributed by atoms with Crippen molar-refractivity contribution in [1.29, 1.82) is 0 Å². The van der Waals surface area contributed by atoms with Gasteiger partial charge in [0.1, 0.15) is 0 Å². The van der Waals surface area contributed by atoms with E-state index in [-0.39, 0.29) is 0 Å². The Hall–Kier alpha value is -8.72. The van der Waals surface area contributed by atoms with Crippen LogP contribution in [0.3, 0.4) is 0 Å². The lowest BCUT2D eigenvalue weighted by Crippen LogP contribution is -2.26. The maximum Gasteiger partial charge on any atom is 0.0726 e. The highest BCUT2D eigenvalue weighted by molar-refractivity contribution is 6.10. The summed E-state index contributed by atoms with van der Waals surface area (Å²) in [6, 6.07) is 94.2. The summed E-state index contributed by atoms with van der Waals surface area (Å²) in [5.41, 5.74) is 21.9. The molecule has 12 aromatic rings. The summed E-state index contributed by atoms with van der Waals surface area (Å²) in [7, 11) is 0. The molecule has 2 nitrogen and oxygen atoms in total. The smallest absolute Gasteiger partial charge is 0.0726 e. The molecule has 0 saturated carbocycles. The molecule has 67 heavy (non-hydrogen) atoms. The molecule has 11 aromatic carbocycles. The van der Waals surface area contributed by atoms with E-state index >= 15 is 0 Å². The predicted octanol–water partition coefficient (Wildman–Crippen LogP) is 17.1. The zero-order chi connectivity index (χ0) is 44.1. The van der Waals surface area contributed by atoms with Gasteiger partial charge in [0, 0.05) is 33.5 Å². The van der Waals surface area contributed by atoms with Crippen LogP contribution in [0.25, 0.3) is 82.8 Å². The van der Waals surface area contributed by atoms with Crippen LogP contribution in [-0.4, -0.2) is 4.57 Å². The number of fused-ring (bicyclic) bond motifs is 14. The Bertz CT molecular complexity index is 3850. The normalized spacial score (nSPS) is 12.9. The minimum absolute atomic E-state index is 0.424. The number of hydrogen-bond donors (Lipinski definition) is 0. The second kappa shape index (κ2) is 14.7. The fourth-order valence-corrected chi connectivity index (χ4v) is 11.7. The van der Waals surface area contributed by atoms with Crippen LogP contribution in [0.2, 0.25) is 0 Å². The van der Waals surface area contributed by atoms with Crippen molar-refractivity contribution in [2.75, 3.05) is 4.90 Å². The van der Waals surface area contributed by atoms with Crippen LogP contribution in [0.4, 0.5) is 17.1 Å². The topological polar surface area (TPSA) is 8.17 Å². The lowest BCUT2D eigenvalue weighted by atomic mass is 9.70. The molecule has 0 atom stereocenters.